The predicted octanol–water partition coefficient (Wildman–Crippen LogP) is 4.17. The van der Waals surface area contributed by atoms with E-state index in [1.165, 1.54) is 57.8 Å². The molecular weight excluding hydrogens is 260 g/mol. The summed E-state index contributed by atoms with van der Waals surface area (Å²) < 4.78 is 0. The van der Waals surface area contributed by atoms with E-state index in [1.54, 1.807) is 0 Å². The average Bonchev–Trinajstić information content (AvgIpc) is 2.92. The Kier molecular flexibility index (Phi) is 11.4. The van der Waals surface area contributed by atoms with E-state index in [4.69, 9.17) is 5.11 Å². The van der Waals surface area contributed by atoms with E-state index in [0.29, 0.717) is 6.17 Å². The summed E-state index contributed by atoms with van der Waals surface area (Å²) in [5.41, 5.74) is 0. The molecule has 0 aromatic heterocycles. The van der Waals surface area contributed by atoms with Crippen LogP contribution in [0.25, 0.3) is 0 Å². The number of allylic oxidation sites excluding steroid dienone is 2. The topological polar surface area (TPSA) is 35.8 Å². The fourth-order valence-corrected chi connectivity index (χ4v) is 2.87. The average molecular weight is 294 g/mol. The third kappa shape index (κ3) is 9.05. The maximum Gasteiger partial charge on any atom is 0.102 e. The highest BCUT2D eigenvalue weighted by molar-refractivity contribution is 5.62. The zero-order chi connectivity index (χ0) is 15.2. The van der Waals surface area contributed by atoms with Gasteiger partial charge >= 0.3 is 0 Å². The van der Waals surface area contributed by atoms with Gasteiger partial charge in [-0.15, -0.1) is 0 Å². The van der Waals surface area contributed by atoms with Crippen LogP contribution in [0.3, 0.4) is 0 Å². The Morgan fingerprint density at radius 1 is 1.10 bits per heavy atom. The first kappa shape index (κ1) is 18.4. The lowest BCUT2D eigenvalue weighted by molar-refractivity contribution is 0.176. The third-order valence-corrected chi connectivity index (χ3v) is 4.14. The van der Waals surface area contributed by atoms with Crippen LogP contribution >= 0.6 is 0 Å². The molecule has 3 nitrogen and oxygen atoms in total. The minimum atomic E-state index is 0.243. The Balaban J connectivity index is 1.86. The standard InChI is InChI=1S/C18H34N2O/c1-2-3-4-5-6-7-8-9-10-11-12-13-18-19-14-15-20(18)16-17-21/h3-4,14,18,21H,2,5-13,15-17H2,1H3/b4-3+. The van der Waals surface area contributed by atoms with E-state index >= 15 is 0 Å². The third-order valence-electron chi connectivity index (χ3n) is 4.14. The summed E-state index contributed by atoms with van der Waals surface area (Å²) in [6.07, 6.45) is 20.0. The normalized spacial score (nSPS) is 19.0. The zero-order valence-corrected chi connectivity index (χ0v) is 13.8. The second-order valence-electron chi connectivity index (χ2n) is 5.96. The molecule has 0 saturated heterocycles. The predicted molar refractivity (Wildman–Crippen MR) is 91.9 cm³/mol. The molecule has 0 amide bonds. The number of hydrogen-bond donors (Lipinski definition) is 1. The van der Waals surface area contributed by atoms with Gasteiger partial charge in [0.05, 0.1) is 6.61 Å². The minimum absolute atomic E-state index is 0.243. The molecule has 0 aromatic carbocycles. The van der Waals surface area contributed by atoms with Crippen molar-refractivity contribution in [3.63, 3.8) is 0 Å². The van der Waals surface area contributed by atoms with Crippen LogP contribution in [-0.4, -0.2) is 42.1 Å². The molecule has 0 aromatic rings. The van der Waals surface area contributed by atoms with Crippen molar-refractivity contribution in [3.05, 3.63) is 12.2 Å². The number of nitrogens with zero attached hydrogens (tertiary/aromatic N) is 2. The molecule has 3 heteroatoms. The molecule has 1 unspecified atom stereocenters. The van der Waals surface area contributed by atoms with Gasteiger partial charge in [-0.3, -0.25) is 9.89 Å². The Morgan fingerprint density at radius 2 is 1.81 bits per heavy atom. The van der Waals surface area contributed by atoms with Crippen molar-refractivity contribution in [1.82, 2.24) is 4.90 Å². The van der Waals surface area contributed by atoms with Crippen molar-refractivity contribution in [2.75, 3.05) is 19.7 Å². The van der Waals surface area contributed by atoms with Crippen molar-refractivity contribution in [3.8, 4) is 0 Å². The quantitative estimate of drug-likeness (QED) is 0.409. The van der Waals surface area contributed by atoms with Crippen molar-refractivity contribution in [1.29, 1.82) is 0 Å². The molecule has 0 spiro atoms. The Morgan fingerprint density at radius 3 is 2.52 bits per heavy atom. The van der Waals surface area contributed by atoms with Crippen LogP contribution in [-0.2, 0) is 0 Å². The summed E-state index contributed by atoms with van der Waals surface area (Å²) in [6, 6.07) is 0. The van der Waals surface area contributed by atoms with Gasteiger partial charge in [0.1, 0.15) is 6.17 Å². The minimum Gasteiger partial charge on any atom is -0.395 e. The van der Waals surface area contributed by atoms with E-state index in [1.807, 2.05) is 6.21 Å². The largest absolute Gasteiger partial charge is 0.395 e. The molecule has 1 heterocycles. The first-order valence-electron chi connectivity index (χ1n) is 8.90. The van der Waals surface area contributed by atoms with Gasteiger partial charge < -0.3 is 5.11 Å². The molecular formula is C18H34N2O. The highest BCUT2D eigenvalue weighted by Gasteiger charge is 2.19. The maximum atomic E-state index is 9.00. The Hall–Kier alpha value is -0.670. The lowest BCUT2D eigenvalue weighted by Gasteiger charge is -2.21. The number of rotatable bonds is 13. The first-order valence-corrected chi connectivity index (χ1v) is 8.90. The summed E-state index contributed by atoms with van der Waals surface area (Å²) in [4.78, 5) is 6.77. The number of hydrogen-bond acceptors (Lipinski definition) is 3. The molecule has 0 aliphatic carbocycles. The number of aliphatic hydroxyl groups excluding tert-OH is 1. The van der Waals surface area contributed by atoms with Crippen LogP contribution in [0.4, 0.5) is 0 Å². The Labute approximate surface area is 131 Å². The highest BCUT2D eigenvalue weighted by Crippen LogP contribution is 2.16. The van der Waals surface area contributed by atoms with Gasteiger partial charge in [-0.1, -0.05) is 51.2 Å². The zero-order valence-electron chi connectivity index (χ0n) is 13.8. The SMILES string of the molecule is CC/C=C/CCCCCCCCCC1N=CCN1CCO. The first-order chi connectivity index (χ1) is 10.4. The molecule has 1 aliphatic rings. The van der Waals surface area contributed by atoms with Crippen LogP contribution in [0, 0.1) is 0 Å². The van der Waals surface area contributed by atoms with Crippen molar-refractivity contribution in [2.24, 2.45) is 4.99 Å². The number of aliphatic hydroxyl groups is 1. The molecule has 21 heavy (non-hydrogen) atoms. The van der Waals surface area contributed by atoms with E-state index in [-0.39, 0.29) is 6.61 Å². The second-order valence-corrected chi connectivity index (χ2v) is 5.96. The summed E-state index contributed by atoms with van der Waals surface area (Å²) >= 11 is 0. The number of aliphatic imine (C=N–C) groups is 1. The van der Waals surface area contributed by atoms with Gasteiger partial charge in [0.2, 0.25) is 0 Å². The summed E-state index contributed by atoms with van der Waals surface area (Å²) in [6.45, 7) is 4.11. The molecule has 1 rings (SSSR count). The number of unbranched alkanes of at least 4 members (excludes halogenated alkanes) is 7. The van der Waals surface area contributed by atoms with E-state index in [9.17, 15) is 0 Å². The smallest absolute Gasteiger partial charge is 0.102 e. The molecule has 1 N–H and O–H groups in total. The van der Waals surface area contributed by atoms with E-state index in [2.05, 4.69) is 29.0 Å². The molecule has 122 valence electrons. The van der Waals surface area contributed by atoms with Crippen LogP contribution < -0.4 is 0 Å². The van der Waals surface area contributed by atoms with E-state index < -0.39 is 0 Å². The monoisotopic (exact) mass is 294 g/mol. The molecule has 0 bridgehead atoms. The highest BCUT2D eigenvalue weighted by atomic mass is 16.3. The maximum absolute atomic E-state index is 9.00. The number of β-amino-alcohol motifs (C(OH)–C–C–N with tert-alkyl or cyclic N) is 1. The molecule has 1 atom stereocenters. The van der Waals surface area contributed by atoms with E-state index in [0.717, 1.165) is 19.5 Å². The lowest BCUT2D eigenvalue weighted by Crippen LogP contribution is -2.32. The van der Waals surface area contributed by atoms with Gasteiger partial charge in [0.25, 0.3) is 0 Å². The van der Waals surface area contributed by atoms with Gasteiger partial charge in [-0.05, 0) is 32.1 Å². The van der Waals surface area contributed by atoms with Gasteiger partial charge in [-0.2, -0.15) is 0 Å². The van der Waals surface area contributed by atoms with Crippen molar-refractivity contribution >= 4 is 6.21 Å². The second kappa shape index (κ2) is 13.0. The van der Waals surface area contributed by atoms with Gasteiger partial charge in [-0.25, -0.2) is 0 Å². The Bertz CT molecular complexity index is 289. The van der Waals surface area contributed by atoms with Crippen LogP contribution in [0.5, 0.6) is 0 Å². The molecule has 0 fully saturated rings. The fraction of sp³-hybridized carbons (Fsp3) is 0.833. The van der Waals surface area contributed by atoms with Gasteiger partial charge in [0, 0.05) is 19.3 Å². The lowest BCUT2D eigenvalue weighted by atomic mass is 10.1. The molecule has 1 aliphatic heterocycles. The van der Waals surface area contributed by atoms with Crippen molar-refractivity contribution < 1.29 is 5.11 Å². The van der Waals surface area contributed by atoms with Crippen LogP contribution in [0.1, 0.15) is 71.1 Å². The summed E-state index contributed by atoms with van der Waals surface area (Å²) in [5.74, 6) is 0. The van der Waals surface area contributed by atoms with Crippen LogP contribution in [0.15, 0.2) is 17.1 Å². The van der Waals surface area contributed by atoms with Crippen molar-refractivity contribution in [2.45, 2.75) is 77.3 Å². The molecule has 0 saturated carbocycles. The van der Waals surface area contributed by atoms with Gasteiger partial charge in [0.15, 0.2) is 0 Å². The summed E-state index contributed by atoms with van der Waals surface area (Å²) in [5, 5.41) is 9.00. The summed E-state index contributed by atoms with van der Waals surface area (Å²) in [7, 11) is 0. The van der Waals surface area contributed by atoms with Crippen LogP contribution in [0.2, 0.25) is 0 Å². The fourth-order valence-electron chi connectivity index (χ4n) is 2.87. The molecule has 0 radical (unpaired) electrons.